The van der Waals surface area contributed by atoms with Gasteiger partial charge in [-0.3, -0.25) is 8.98 Å². The number of ketones is 1. The zero-order chi connectivity index (χ0) is 13.9. The molecule has 1 aromatic carbocycles. The van der Waals surface area contributed by atoms with Crippen LogP contribution in [0.1, 0.15) is 12.0 Å². The molecular formula is C13H16O5S. The third kappa shape index (κ3) is 3.86. The van der Waals surface area contributed by atoms with Gasteiger partial charge in [-0.2, -0.15) is 8.42 Å². The molecule has 1 aliphatic heterocycles. The van der Waals surface area contributed by atoms with Crippen LogP contribution in [-0.4, -0.2) is 34.0 Å². The van der Waals surface area contributed by atoms with Crippen molar-refractivity contribution in [2.45, 2.75) is 18.2 Å². The van der Waals surface area contributed by atoms with Gasteiger partial charge in [0.25, 0.3) is 10.1 Å². The van der Waals surface area contributed by atoms with Gasteiger partial charge in [-0.1, -0.05) is 17.7 Å². The Morgan fingerprint density at radius 2 is 2.00 bits per heavy atom. The van der Waals surface area contributed by atoms with Crippen LogP contribution < -0.4 is 0 Å². The third-order valence-electron chi connectivity index (χ3n) is 2.90. The number of ether oxygens (including phenoxy) is 1. The maximum Gasteiger partial charge on any atom is 0.296 e. The molecule has 5 nitrogen and oxygen atoms in total. The Hall–Kier alpha value is -1.24. The van der Waals surface area contributed by atoms with E-state index in [0.29, 0.717) is 13.0 Å². The Bertz CT molecular complexity index is 547. The molecule has 6 heteroatoms. The molecule has 1 saturated heterocycles. The fraction of sp³-hybridized carbons (Fsp3) is 0.462. The maximum atomic E-state index is 11.9. The molecule has 1 fully saturated rings. The number of aryl methyl sites for hydroxylation is 1. The molecule has 1 heterocycles. The summed E-state index contributed by atoms with van der Waals surface area (Å²) in [7, 11) is -3.76. The predicted octanol–water partition coefficient (Wildman–Crippen LogP) is 1.31. The Kier molecular flexibility index (Phi) is 4.34. The lowest BCUT2D eigenvalue weighted by Gasteiger charge is -2.20. The number of carbonyl (C=O) groups is 1. The second-order valence-corrected chi connectivity index (χ2v) is 6.29. The van der Waals surface area contributed by atoms with E-state index in [1.165, 1.54) is 12.1 Å². The van der Waals surface area contributed by atoms with Gasteiger partial charge < -0.3 is 4.74 Å². The molecule has 0 aromatic heterocycles. The summed E-state index contributed by atoms with van der Waals surface area (Å²) in [6.07, 6.45) is 0.309. The van der Waals surface area contributed by atoms with E-state index in [0.717, 1.165) is 5.56 Å². The summed E-state index contributed by atoms with van der Waals surface area (Å²) in [5.74, 6) is -0.214. The minimum Gasteiger partial charge on any atom is -0.373 e. The highest BCUT2D eigenvalue weighted by Crippen LogP contribution is 2.17. The van der Waals surface area contributed by atoms with Crippen LogP contribution >= 0.6 is 0 Å². The van der Waals surface area contributed by atoms with Crippen molar-refractivity contribution in [2.75, 3.05) is 19.8 Å². The normalized spacial score (nSPS) is 20.5. The highest BCUT2D eigenvalue weighted by atomic mass is 32.2. The first-order chi connectivity index (χ1) is 8.97. The predicted molar refractivity (Wildman–Crippen MR) is 68.2 cm³/mol. The summed E-state index contributed by atoms with van der Waals surface area (Å²) >= 11 is 0. The van der Waals surface area contributed by atoms with Gasteiger partial charge in [-0.25, -0.2) is 0 Å². The second kappa shape index (κ2) is 5.81. The number of rotatable bonds is 4. The maximum absolute atomic E-state index is 11.9. The Balaban J connectivity index is 1.97. The number of Topliss-reactive ketones (excluding diaryl/α,β-unsaturated/α-hetero) is 1. The summed E-state index contributed by atoms with van der Waals surface area (Å²) < 4.78 is 33.9. The van der Waals surface area contributed by atoms with Gasteiger partial charge in [-0.05, 0) is 19.1 Å². The summed E-state index contributed by atoms with van der Waals surface area (Å²) in [4.78, 5) is 11.3. The summed E-state index contributed by atoms with van der Waals surface area (Å²) in [6.45, 7) is 2.32. The fourth-order valence-electron chi connectivity index (χ4n) is 1.85. The molecule has 0 N–H and O–H groups in total. The number of benzene rings is 1. The molecule has 104 valence electrons. The molecule has 2 rings (SSSR count). The van der Waals surface area contributed by atoms with E-state index in [-0.39, 0.29) is 29.8 Å². The molecule has 0 bridgehead atoms. The first-order valence-corrected chi connectivity index (χ1v) is 7.44. The molecule has 1 aliphatic rings. The third-order valence-corrected chi connectivity index (χ3v) is 4.20. The first kappa shape index (κ1) is 14.2. The summed E-state index contributed by atoms with van der Waals surface area (Å²) in [6, 6.07) is 6.44. The quantitative estimate of drug-likeness (QED) is 0.780. The van der Waals surface area contributed by atoms with Crippen molar-refractivity contribution in [3.05, 3.63) is 29.8 Å². The van der Waals surface area contributed by atoms with Crippen molar-refractivity contribution in [1.82, 2.24) is 0 Å². The van der Waals surface area contributed by atoms with E-state index < -0.39 is 10.1 Å². The Labute approximate surface area is 112 Å². The van der Waals surface area contributed by atoms with E-state index in [4.69, 9.17) is 8.92 Å². The van der Waals surface area contributed by atoms with Gasteiger partial charge in [-0.15, -0.1) is 0 Å². The van der Waals surface area contributed by atoms with Crippen LogP contribution in [-0.2, 0) is 23.8 Å². The number of carbonyl (C=O) groups excluding carboxylic acids is 1. The van der Waals surface area contributed by atoms with Gasteiger partial charge in [0.15, 0.2) is 5.78 Å². The molecule has 0 unspecified atom stereocenters. The number of hydrogen-bond acceptors (Lipinski definition) is 5. The highest BCUT2D eigenvalue weighted by molar-refractivity contribution is 7.86. The van der Waals surface area contributed by atoms with E-state index in [1.54, 1.807) is 12.1 Å². The van der Waals surface area contributed by atoms with Crippen LogP contribution in [0.2, 0.25) is 0 Å². The lowest BCUT2D eigenvalue weighted by molar-refractivity contribution is -0.130. The molecule has 1 atom stereocenters. The molecule has 0 radical (unpaired) electrons. The van der Waals surface area contributed by atoms with Crippen molar-refractivity contribution in [2.24, 2.45) is 5.92 Å². The van der Waals surface area contributed by atoms with Crippen LogP contribution in [0.3, 0.4) is 0 Å². The van der Waals surface area contributed by atoms with E-state index in [1.807, 2.05) is 6.92 Å². The van der Waals surface area contributed by atoms with Crippen LogP contribution in [0.4, 0.5) is 0 Å². The minimum absolute atomic E-state index is 0.0208. The standard InChI is InChI=1S/C13H16O5S/c1-10-2-4-13(5-3-10)19(15,16)18-8-11-6-12(14)9-17-7-11/h2-5,11H,6-9H2,1H3/t11-/m1/s1. The van der Waals surface area contributed by atoms with Gasteiger partial charge in [0.05, 0.1) is 18.1 Å². The summed E-state index contributed by atoms with van der Waals surface area (Å²) in [5.41, 5.74) is 0.977. The van der Waals surface area contributed by atoms with Crippen LogP contribution in [0.5, 0.6) is 0 Å². The van der Waals surface area contributed by atoms with Crippen LogP contribution in [0.15, 0.2) is 29.2 Å². The minimum atomic E-state index is -3.76. The van der Waals surface area contributed by atoms with Crippen molar-refractivity contribution >= 4 is 15.9 Å². The number of hydrogen-bond donors (Lipinski definition) is 0. The lowest BCUT2D eigenvalue weighted by atomic mass is 10.0. The topological polar surface area (TPSA) is 69.7 Å². The zero-order valence-corrected chi connectivity index (χ0v) is 11.5. The van der Waals surface area contributed by atoms with Crippen molar-refractivity contribution in [3.63, 3.8) is 0 Å². The molecule has 19 heavy (non-hydrogen) atoms. The molecular weight excluding hydrogens is 268 g/mol. The molecule has 0 aliphatic carbocycles. The van der Waals surface area contributed by atoms with Crippen molar-refractivity contribution < 1.29 is 22.1 Å². The zero-order valence-electron chi connectivity index (χ0n) is 10.7. The van der Waals surface area contributed by atoms with Gasteiger partial charge in [0.2, 0.25) is 0 Å². The largest absolute Gasteiger partial charge is 0.373 e. The lowest BCUT2D eigenvalue weighted by Crippen LogP contribution is -2.29. The summed E-state index contributed by atoms with van der Waals surface area (Å²) in [5, 5.41) is 0. The highest BCUT2D eigenvalue weighted by Gasteiger charge is 2.23. The monoisotopic (exact) mass is 284 g/mol. The van der Waals surface area contributed by atoms with Crippen LogP contribution in [0, 0.1) is 12.8 Å². The van der Waals surface area contributed by atoms with Gasteiger partial charge in [0.1, 0.15) is 6.61 Å². The van der Waals surface area contributed by atoms with Crippen molar-refractivity contribution in [1.29, 1.82) is 0 Å². The van der Waals surface area contributed by atoms with E-state index >= 15 is 0 Å². The Morgan fingerprint density at radius 3 is 2.63 bits per heavy atom. The van der Waals surface area contributed by atoms with Crippen molar-refractivity contribution in [3.8, 4) is 0 Å². The fourth-order valence-corrected chi connectivity index (χ4v) is 2.82. The average molecular weight is 284 g/mol. The molecule has 0 saturated carbocycles. The average Bonchev–Trinajstić information content (AvgIpc) is 2.37. The van der Waals surface area contributed by atoms with E-state index in [9.17, 15) is 13.2 Å². The first-order valence-electron chi connectivity index (χ1n) is 6.03. The molecule has 1 aromatic rings. The van der Waals surface area contributed by atoms with Gasteiger partial charge >= 0.3 is 0 Å². The second-order valence-electron chi connectivity index (χ2n) is 4.68. The van der Waals surface area contributed by atoms with E-state index in [2.05, 4.69) is 0 Å². The SMILES string of the molecule is Cc1ccc(S(=O)(=O)OC[C@H]2COCC(=O)C2)cc1. The smallest absolute Gasteiger partial charge is 0.296 e. The Morgan fingerprint density at radius 1 is 1.32 bits per heavy atom. The van der Waals surface area contributed by atoms with Gasteiger partial charge in [0, 0.05) is 12.3 Å². The van der Waals surface area contributed by atoms with Crippen LogP contribution in [0.25, 0.3) is 0 Å². The molecule has 0 spiro atoms. The molecule has 0 amide bonds.